The molecule has 26 heavy (non-hydrogen) atoms. The van der Waals surface area contributed by atoms with E-state index in [2.05, 4.69) is 0 Å². The Morgan fingerprint density at radius 3 is 1.12 bits per heavy atom. The zero-order chi connectivity index (χ0) is 17.9. The molecule has 0 saturated carbocycles. The van der Waals surface area contributed by atoms with E-state index < -0.39 is 0 Å². The molecule has 4 rings (SSSR count). The van der Waals surface area contributed by atoms with Gasteiger partial charge in [-0.1, -0.05) is 48.5 Å². The molecule has 0 atom stereocenters. The molecule has 4 heteroatoms. The Bertz CT molecular complexity index is 962. The molecule has 2 aromatic heterocycles. The van der Waals surface area contributed by atoms with E-state index in [1.54, 1.807) is 24.3 Å². The highest BCUT2D eigenvalue weighted by Gasteiger charge is 2.07. The molecule has 4 nitrogen and oxygen atoms in total. The molecule has 2 aromatic carbocycles. The van der Waals surface area contributed by atoms with Crippen LogP contribution in [-0.4, -0.2) is 12.6 Å². The van der Waals surface area contributed by atoms with Gasteiger partial charge in [0.2, 0.25) is 0 Å². The van der Waals surface area contributed by atoms with Crippen molar-refractivity contribution in [2.45, 2.75) is 0 Å². The first-order valence-electron chi connectivity index (χ1n) is 8.08. The van der Waals surface area contributed by atoms with Crippen LogP contribution in [0.4, 0.5) is 0 Å². The van der Waals surface area contributed by atoms with Gasteiger partial charge >= 0.3 is 0 Å². The van der Waals surface area contributed by atoms with Crippen molar-refractivity contribution in [3.05, 3.63) is 84.3 Å². The number of carbonyl (C=O) groups is 2. The minimum absolute atomic E-state index is 0.315. The highest BCUT2D eigenvalue weighted by molar-refractivity contribution is 5.75. The summed E-state index contributed by atoms with van der Waals surface area (Å²) in [5, 5.41) is 0. The van der Waals surface area contributed by atoms with Gasteiger partial charge in [0.1, 0.15) is 11.5 Å². The quantitative estimate of drug-likeness (QED) is 0.449. The Hall–Kier alpha value is -3.66. The second kappa shape index (κ2) is 6.69. The van der Waals surface area contributed by atoms with Crippen molar-refractivity contribution in [3.8, 4) is 33.8 Å². The van der Waals surface area contributed by atoms with Crippen LogP contribution in [0.25, 0.3) is 33.8 Å². The predicted octanol–water partition coefficient (Wildman–Crippen LogP) is 5.50. The lowest BCUT2D eigenvalue weighted by Gasteiger charge is -2.04. The molecule has 0 saturated heterocycles. The van der Waals surface area contributed by atoms with E-state index in [9.17, 15) is 9.59 Å². The van der Waals surface area contributed by atoms with E-state index in [4.69, 9.17) is 8.83 Å². The third-order valence-corrected chi connectivity index (χ3v) is 4.16. The first kappa shape index (κ1) is 15.8. The Labute approximate surface area is 149 Å². The van der Waals surface area contributed by atoms with Gasteiger partial charge in [-0.3, -0.25) is 9.59 Å². The molecule has 0 fully saturated rings. The van der Waals surface area contributed by atoms with Crippen LogP contribution in [0.1, 0.15) is 21.1 Å². The molecular formula is C22H14O4. The van der Waals surface area contributed by atoms with Crippen LogP contribution in [0.5, 0.6) is 0 Å². The van der Waals surface area contributed by atoms with Crippen LogP contribution in [0.2, 0.25) is 0 Å². The molecule has 0 aliphatic heterocycles. The highest BCUT2D eigenvalue weighted by atomic mass is 16.3. The lowest BCUT2D eigenvalue weighted by Crippen LogP contribution is -1.80. The number of aldehydes is 2. The van der Waals surface area contributed by atoms with E-state index in [-0.39, 0.29) is 0 Å². The van der Waals surface area contributed by atoms with Gasteiger partial charge in [0.05, 0.1) is 0 Å². The summed E-state index contributed by atoms with van der Waals surface area (Å²) in [4.78, 5) is 21.4. The molecule has 0 radical (unpaired) electrons. The van der Waals surface area contributed by atoms with Gasteiger partial charge in [-0.25, -0.2) is 0 Å². The van der Waals surface area contributed by atoms with Gasteiger partial charge in [-0.15, -0.1) is 0 Å². The minimum Gasteiger partial charge on any atom is -0.453 e. The van der Waals surface area contributed by atoms with Crippen LogP contribution in [0, 0.1) is 0 Å². The smallest absolute Gasteiger partial charge is 0.185 e. The topological polar surface area (TPSA) is 60.4 Å². The maximum atomic E-state index is 10.7. The van der Waals surface area contributed by atoms with Crippen molar-refractivity contribution in [1.82, 2.24) is 0 Å². The second-order valence-corrected chi connectivity index (χ2v) is 5.79. The molecule has 2 heterocycles. The first-order valence-corrected chi connectivity index (χ1v) is 8.08. The number of hydrogen-bond donors (Lipinski definition) is 0. The number of carbonyl (C=O) groups excluding carboxylic acids is 2. The Balaban J connectivity index is 1.57. The van der Waals surface area contributed by atoms with Gasteiger partial charge in [0.25, 0.3) is 0 Å². The fourth-order valence-corrected chi connectivity index (χ4v) is 2.80. The zero-order valence-electron chi connectivity index (χ0n) is 13.7. The van der Waals surface area contributed by atoms with Gasteiger partial charge in [-0.05, 0) is 35.4 Å². The van der Waals surface area contributed by atoms with Gasteiger partial charge in [-0.2, -0.15) is 0 Å². The van der Waals surface area contributed by atoms with Crippen molar-refractivity contribution in [2.75, 3.05) is 0 Å². The molecule has 126 valence electrons. The summed E-state index contributed by atoms with van der Waals surface area (Å²) >= 11 is 0. The molecule has 0 unspecified atom stereocenters. The minimum atomic E-state index is 0.315. The summed E-state index contributed by atoms with van der Waals surface area (Å²) in [7, 11) is 0. The van der Waals surface area contributed by atoms with E-state index in [0.717, 1.165) is 22.3 Å². The highest BCUT2D eigenvalue weighted by Crippen LogP contribution is 2.28. The van der Waals surface area contributed by atoms with Gasteiger partial charge in [0, 0.05) is 11.1 Å². The molecular weight excluding hydrogens is 328 g/mol. The largest absolute Gasteiger partial charge is 0.453 e. The molecule has 0 aliphatic carbocycles. The van der Waals surface area contributed by atoms with Crippen LogP contribution in [-0.2, 0) is 0 Å². The lowest BCUT2D eigenvalue weighted by atomic mass is 10.0. The maximum Gasteiger partial charge on any atom is 0.185 e. The van der Waals surface area contributed by atoms with Crippen molar-refractivity contribution in [3.63, 3.8) is 0 Å². The van der Waals surface area contributed by atoms with Gasteiger partial charge in [0.15, 0.2) is 24.1 Å². The van der Waals surface area contributed by atoms with Crippen molar-refractivity contribution < 1.29 is 18.4 Å². The van der Waals surface area contributed by atoms with Crippen molar-refractivity contribution in [1.29, 1.82) is 0 Å². The fourth-order valence-electron chi connectivity index (χ4n) is 2.80. The summed E-state index contributed by atoms with van der Waals surface area (Å²) in [6.45, 7) is 0. The fraction of sp³-hybridized carbons (Fsp3) is 0. The molecule has 4 aromatic rings. The number of benzene rings is 2. The molecule has 0 aliphatic rings. The van der Waals surface area contributed by atoms with E-state index in [0.29, 0.717) is 35.6 Å². The van der Waals surface area contributed by atoms with Crippen molar-refractivity contribution in [2.24, 2.45) is 0 Å². The second-order valence-electron chi connectivity index (χ2n) is 5.79. The number of hydrogen-bond acceptors (Lipinski definition) is 4. The summed E-state index contributed by atoms with van der Waals surface area (Å²) in [6.07, 6.45) is 1.38. The Morgan fingerprint density at radius 1 is 0.462 bits per heavy atom. The van der Waals surface area contributed by atoms with Crippen LogP contribution < -0.4 is 0 Å². The maximum absolute atomic E-state index is 10.7. The number of rotatable bonds is 5. The molecule has 0 spiro atoms. The van der Waals surface area contributed by atoms with E-state index in [1.807, 2.05) is 48.5 Å². The normalized spacial score (nSPS) is 10.6. The summed E-state index contributed by atoms with van der Waals surface area (Å²) in [6, 6.07) is 22.7. The average Bonchev–Trinajstić information content (AvgIpc) is 3.38. The SMILES string of the molecule is O=Cc1ccc(-c2ccc(-c3ccc(-c4ccc(C=O)o4)cc3)cc2)o1. The summed E-state index contributed by atoms with van der Waals surface area (Å²) < 4.78 is 10.9. The Morgan fingerprint density at radius 2 is 0.808 bits per heavy atom. The first-order chi connectivity index (χ1) is 12.8. The average molecular weight is 342 g/mol. The summed E-state index contributed by atoms with van der Waals surface area (Å²) in [5.41, 5.74) is 3.96. The van der Waals surface area contributed by atoms with E-state index in [1.165, 1.54) is 0 Å². The third-order valence-electron chi connectivity index (χ3n) is 4.16. The zero-order valence-corrected chi connectivity index (χ0v) is 13.7. The van der Waals surface area contributed by atoms with Crippen LogP contribution in [0.3, 0.4) is 0 Å². The monoisotopic (exact) mass is 342 g/mol. The van der Waals surface area contributed by atoms with Crippen molar-refractivity contribution >= 4 is 12.6 Å². The number of furan rings is 2. The van der Waals surface area contributed by atoms with E-state index >= 15 is 0 Å². The Kier molecular flexibility index (Phi) is 4.07. The predicted molar refractivity (Wildman–Crippen MR) is 98.1 cm³/mol. The molecule has 0 bridgehead atoms. The molecule has 0 N–H and O–H groups in total. The standard InChI is InChI=1S/C22H14O4/c23-13-19-9-11-21(25-19)17-5-1-15(2-6-17)16-3-7-18(8-4-16)22-12-10-20(14-24)26-22/h1-14H. The van der Waals surface area contributed by atoms with Crippen LogP contribution >= 0.6 is 0 Å². The van der Waals surface area contributed by atoms with Crippen LogP contribution in [0.15, 0.2) is 81.6 Å². The molecule has 0 amide bonds. The lowest BCUT2D eigenvalue weighted by molar-refractivity contribution is 0.109. The summed E-state index contributed by atoms with van der Waals surface area (Å²) in [5.74, 6) is 1.96. The third kappa shape index (κ3) is 3.00. The van der Waals surface area contributed by atoms with Gasteiger partial charge < -0.3 is 8.83 Å².